The summed E-state index contributed by atoms with van der Waals surface area (Å²) in [6.45, 7) is 1.07. The van der Waals surface area contributed by atoms with Gasteiger partial charge in [0.1, 0.15) is 6.04 Å². The van der Waals surface area contributed by atoms with E-state index in [1.165, 1.54) is 25.0 Å². The summed E-state index contributed by atoms with van der Waals surface area (Å²) in [6, 6.07) is 0.691. The second kappa shape index (κ2) is 3.88. The smallest absolute Gasteiger partial charge is 0.323 e. The molecule has 0 aliphatic carbocycles. The molecular formula is C9H15NO2S. The number of likely N-dealkylation sites (tertiary alicyclic amines) is 1. The zero-order chi connectivity index (χ0) is 9.26. The summed E-state index contributed by atoms with van der Waals surface area (Å²) in [7, 11) is 1.47. The lowest BCUT2D eigenvalue weighted by Gasteiger charge is -2.42. The molecule has 2 fully saturated rings. The standard InChI is InChI=1S/C9H15NO2S/c1-12-9(11)8-2-4-10(8)7-3-5-13-6-7/h7-8H,2-6H2,1H3. The molecule has 74 valence electrons. The lowest BCUT2D eigenvalue weighted by molar-refractivity contribution is -0.153. The molecule has 0 aromatic heterocycles. The van der Waals surface area contributed by atoms with Crippen LogP contribution in [0.1, 0.15) is 12.8 Å². The zero-order valence-corrected chi connectivity index (χ0v) is 8.68. The highest BCUT2D eigenvalue weighted by Crippen LogP contribution is 2.30. The van der Waals surface area contributed by atoms with Crippen LogP contribution < -0.4 is 0 Å². The van der Waals surface area contributed by atoms with Crippen LogP contribution in [0.3, 0.4) is 0 Å². The van der Waals surface area contributed by atoms with Gasteiger partial charge in [0, 0.05) is 18.3 Å². The van der Waals surface area contributed by atoms with E-state index in [1.807, 2.05) is 11.8 Å². The molecular weight excluding hydrogens is 186 g/mol. The molecule has 0 aromatic rings. The summed E-state index contributed by atoms with van der Waals surface area (Å²) >= 11 is 1.99. The Labute approximate surface area is 82.8 Å². The monoisotopic (exact) mass is 201 g/mol. The topological polar surface area (TPSA) is 29.5 Å². The molecule has 0 N–H and O–H groups in total. The minimum atomic E-state index is -0.0526. The number of ether oxygens (including phenoxy) is 1. The molecule has 0 spiro atoms. The van der Waals surface area contributed by atoms with Crippen LogP contribution in [0.5, 0.6) is 0 Å². The first-order valence-electron chi connectivity index (χ1n) is 4.74. The van der Waals surface area contributed by atoms with E-state index in [2.05, 4.69) is 4.90 Å². The maximum Gasteiger partial charge on any atom is 0.323 e. The molecule has 2 rings (SSSR count). The van der Waals surface area contributed by atoms with Gasteiger partial charge < -0.3 is 4.74 Å². The molecule has 2 saturated heterocycles. The van der Waals surface area contributed by atoms with Crippen LogP contribution in [0, 0.1) is 0 Å². The van der Waals surface area contributed by atoms with Gasteiger partial charge in [-0.15, -0.1) is 0 Å². The van der Waals surface area contributed by atoms with E-state index in [-0.39, 0.29) is 12.0 Å². The fourth-order valence-electron chi connectivity index (χ4n) is 2.02. The minimum Gasteiger partial charge on any atom is -0.468 e. The quantitative estimate of drug-likeness (QED) is 0.616. The molecule has 2 atom stereocenters. The van der Waals surface area contributed by atoms with Crippen molar-refractivity contribution in [3.8, 4) is 0 Å². The van der Waals surface area contributed by atoms with Crippen molar-refractivity contribution >= 4 is 17.7 Å². The van der Waals surface area contributed by atoms with Gasteiger partial charge in [-0.1, -0.05) is 0 Å². The fourth-order valence-corrected chi connectivity index (χ4v) is 3.25. The van der Waals surface area contributed by atoms with Gasteiger partial charge in [0.2, 0.25) is 0 Å². The predicted molar refractivity (Wildman–Crippen MR) is 52.9 cm³/mol. The first kappa shape index (κ1) is 9.34. The maximum absolute atomic E-state index is 11.3. The van der Waals surface area contributed by atoms with Crippen molar-refractivity contribution < 1.29 is 9.53 Å². The zero-order valence-electron chi connectivity index (χ0n) is 7.86. The second-order valence-corrected chi connectivity index (χ2v) is 4.73. The molecule has 0 radical (unpaired) electrons. The summed E-state index contributed by atoms with van der Waals surface area (Å²) in [5, 5.41) is 0. The van der Waals surface area contributed by atoms with Gasteiger partial charge in [-0.05, 0) is 18.6 Å². The number of carbonyl (C=O) groups excluding carboxylic acids is 1. The van der Waals surface area contributed by atoms with E-state index >= 15 is 0 Å². The fraction of sp³-hybridized carbons (Fsp3) is 0.889. The molecule has 2 heterocycles. The van der Waals surface area contributed by atoms with Crippen molar-refractivity contribution in [3.05, 3.63) is 0 Å². The summed E-state index contributed by atoms with van der Waals surface area (Å²) in [5.41, 5.74) is 0. The van der Waals surface area contributed by atoms with Crippen molar-refractivity contribution in [3.63, 3.8) is 0 Å². The van der Waals surface area contributed by atoms with Crippen LogP contribution in [0.25, 0.3) is 0 Å². The SMILES string of the molecule is COC(=O)C1CCN1C1CCSC1. The van der Waals surface area contributed by atoms with Crippen LogP contribution in [0.15, 0.2) is 0 Å². The van der Waals surface area contributed by atoms with Crippen molar-refractivity contribution in [1.29, 1.82) is 0 Å². The molecule has 0 bridgehead atoms. The van der Waals surface area contributed by atoms with Crippen LogP contribution in [-0.4, -0.2) is 48.1 Å². The van der Waals surface area contributed by atoms with Gasteiger partial charge in [-0.3, -0.25) is 9.69 Å². The van der Waals surface area contributed by atoms with Crippen molar-refractivity contribution in [2.45, 2.75) is 24.9 Å². The number of carbonyl (C=O) groups is 1. The lowest BCUT2D eigenvalue weighted by Crippen LogP contribution is -2.57. The number of nitrogens with zero attached hydrogens (tertiary/aromatic N) is 1. The third-order valence-corrected chi connectivity index (χ3v) is 4.05. The third-order valence-electron chi connectivity index (χ3n) is 2.91. The Morgan fingerprint density at radius 1 is 1.54 bits per heavy atom. The van der Waals surface area contributed by atoms with Crippen LogP contribution >= 0.6 is 11.8 Å². The van der Waals surface area contributed by atoms with E-state index in [1.54, 1.807) is 0 Å². The Morgan fingerprint density at radius 2 is 2.38 bits per heavy atom. The van der Waals surface area contributed by atoms with Crippen molar-refractivity contribution in [2.75, 3.05) is 25.2 Å². The van der Waals surface area contributed by atoms with E-state index in [4.69, 9.17) is 4.74 Å². The third kappa shape index (κ3) is 1.70. The predicted octanol–water partition coefficient (Wildman–Crippen LogP) is 0.739. The molecule has 2 unspecified atom stereocenters. The van der Waals surface area contributed by atoms with Gasteiger partial charge in [-0.25, -0.2) is 0 Å². The molecule has 0 amide bonds. The van der Waals surface area contributed by atoms with Crippen LogP contribution in [-0.2, 0) is 9.53 Å². The highest BCUT2D eigenvalue weighted by atomic mass is 32.2. The molecule has 2 aliphatic heterocycles. The van der Waals surface area contributed by atoms with Gasteiger partial charge in [-0.2, -0.15) is 11.8 Å². The normalized spacial score (nSPS) is 34.2. The highest BCUT2D eigenvalue weighted by molar-refractivity contribution is 7.99. The number of hydrogen-bond acceptors (Lipinski definition) is 4. The Balaban J connectivity index is 1.89. The Morgan fingerprint density at radius 3 is 2.85 bits per heavy atom. The summed E-state index contributed by atoms with van der Waals surface area (Å²) in [6.07, 6.45) is 2.21. The maximum atomic E-state index is 11.3. The van der Waals surface area contributed by atoms with Gasteiger partial charge in [0.25, 0.3) is 0 Å². The number of thioether (sulfide) groups is 1. The van der Waals surface area contributed by atoms with E-state index in [9.17, 15) is 4.79 Å². The Kier molecular flexibility index (Phi) is 2.79. The lowest BCUT2D eigenvalue weighted by atomic mass is 9.99. The largest absolute Gasteiger partial charge is 0.468 e. The summed E-state index contributed by atoms with van der Waals surface area (Å²) in [4.78, 5) is 13.6. The number of esters is 1. The second-order valence-electron chi connectivity index (χ2n) is 3.58. The first-order chi connectivity index (χ1) is 6.33. The molecule has 13 heavy (non-hydrogen) atoms. The number of methoxy groups -OCH3 is 1. The van der Waals surface area contributed by atoms with E-state index < -0.39 is 0 Å². The summed E-state index contributed by atoms with van der Waals surface area (Å²) in [5.74, 6) is 2.38. The molecule has 3 nitrogen and oxygen atoms in total. The van der Waals surface area contributed by atoms with Gasteiger partial charge in [0.15, 0.2) is 0 Å². The Hall–Kier alpha value is -0.220. The molecule has 2 aliphatic rings. The minimum absolute atomic E-state index is 0.0526. The van der Waals surface area contributed by atoms with Gasteiger partial charge >= 0.3 is 5.97 Å². The van der Waals surface area contributed by atoms with Crippen LogP contribution in [0.4, 0.5) is 0 Å². The number of rotatable bonds is 2. The number of hydrogen-bond donors (Lipinski definition) is 0. The molecule has 0 saturated carbocycles. The average Bonchev–Trinajstić information content (AvgIpc) is 2.55. The molecule has 0 aromatic carbocycles. The first-order valence-corrected chi connectivity index (χ1v) is 5.89. The summed E-state index contributed by atoms with van der Waals surface area (Å²) < 4.78 is 4.76. The average molecular weight is 201 g/mol. The van der Waals surface area contributed by atoms with Crippen molar-refractivity contribution in [1.82, 2.24) is 4.90 Å². The van der Waals surface area contributed by atoms with E-state index in [0.29, 0.717) is 6.04 Å². The highest BCUT2D eigenvalue weighted by Gasteiger charge is 2.40. The van der Waals surface area contributed by atoms with Crippen molar-refractivity contribution in [2.24, 2.45) is 0 Å². The van der Waals surface area contributed by atoms with E-state index in [0.717, 1.165) is 13.0 Å². The van der Waals surface area contributed by atoms with Crippen LogP contribution in [0.2, 0.25) is 0 Å². The van der Waals surface area contributed by atoms with Gasteiger partial charge in [0.05, 0.1) is 7.11 Å². The molecule has 4 heteroatoms. The Bertz CT molecular complexity index is 204.